The van der Waals surface area contributed by atoms with Gasteiger partial charge in [-0.15, -0.1) is 0 Å². The maximum absolute atomic E-state index is 12.1. The summed E-state index contributed by atoms with van der Waals surface area (Å²) in [6.45, 7) is 0.113. The number of ether oxygens (including phenoxy) is 2. The van der Waals surface area contributed by atoms with Gasteiger partial charge in [0.05, 0.1) is 5.60 Å². The van der Waals surface area contributed by atoms with E-state index >= 15 is 0 Å². The van der Waals surface area contributed by atoms with Crippen LogP contribution in [-0.2, 0) is 14.3 Å². The van der Waals surface area contributed by atoms with Crippen molar-refractivity contribution in [1.29, 1.82) is 0 Å². The van der Waals surface area contributed by atoms with Crippen molar-refractivity contribution < 1.29 is 14.3 Å². The van der Waals surface area contributed by atoms with Gasteiger partial charge in [-0.25, -0.2) is 0 Å². The monoisotopic (exact) mass is 232 g/mol. The predicted octanol–water partition coefficient (Wildman–Crippen LogP) is 2.61. The summed E-state index contributed by atoms with van der Waals surface area (Å²) in [6, 6.07) is 9.85. The Bertz CT molecular complexity index is 407. The Labute approximate surface area is 101 Å². The van der Waals surface area contributed by atoms with Gasteiger partial charge in [-0.05, 0) is 18.4 Å². The van der Waals surface area contributed by atoms with Crippen LogP contribution in [0.15, 0.2) is 30.3 Å². The van der Waals surface area contributed by atoms with Gasteiger partial charge in [0, 0.05) is 0 Å². The molecule has 1 atom stereocenters. The number of hydrogen-bond donors (Lipinski definition) is 0. The van der Waals surface area contributed by atoms with Crippen molar-refractivity contribution in [1.82, 2.24) is 0 Å². The van der Waals surface area contributed by atoms with Crippen LogP contribution >= 0.6 is 0 Å². The fraction of sp³-hybridized carbons (Fsp3) is 0.500. The Morgan fingerprint density at radius 3 is 2.53 bits per heavy atom. The van der Waals surface area contributed by atoms with E-state index in [1.54, 1.807) is 0 Å². The number of benzene rings is 1. The van der Waals surface area contributed by atoms with Crippen molar-refractivity contribution in [3.63, 3.8) is 0 Å². The number of hydrogen-bond acceptors (Lipinski definition) is 3. The van der Waals surface area contributed by atoms with Gasteiger partial charge in [-0.1, -0.05) is 43.2 Å². The highest BCUT2D eigenvalue weighted by molar-refractivity contribution is 5.80. The molecule has 17 heavy (non-hydrogen) atoms. The van der Waals surface area contributed by atoms with E-state index in [4.69, 9.17) is 9.47 Å². The summed E-state index contributed by atoms with van der Waals surface area (Å²) in [5.41, 5.74) is 0.704. The minimum absolute atomic E-state index is 0.113. The largest absolute Gasteiger partial charge is 0.438 e. The number of carbonyl (C=O) groups is 1. The van der Waals surface area contributed by atoms with Crippen LogP contribution in [0, 0.1) is 0 Å². The summed E-state index contributed by atoms with van der Waals surface area (Å²) in [6.07, 6.45) is 4.19. The summed E-state index contributed by atoms with van der Waals surface area (Å²) in [4.78, 5) is 12.1. The molecule has 1 aliphatic heterocycles. The molecule has 1 spiro atoms. The summed E-state index contributed by atoms with van der Waals surface area (Å²) in [5, 5.41) is 0. The molecule has 1 saturated heterocycles. The fourth-order valence-corrected chi connectivity index (χ4v) is 3.08. The van der Waals surface area contributed by atoms with Crippen LogP contribution in [0.1, 0.15) is 37.2 Å². The molecule has 1 heterocycles. The lowest BCUT2D eigenvalue weighted by molar-refractivity contribution is -0.210. The minimum Gasteiger partial charge on any atom is -0.438 e. The quantitative estimate of drug-likeness (QED) is 0.698. The van der Waals surface area contributed by atoms with E-state index in [9.17, 15) is 4.79 Å². The average molecular weight is 232 g/mol. The highest BCUT2D eigenvalue weighted by Crippen LogP contribution is 2.46. The van der Waals surface area contributed by atoms with Gasteiger partial charge >= 0.3 is 5.97 Å². The third kappa shape index (κ3) is 1.75. The molecule has 0 N–H and O–H groups in total. The van der Waals surface area contributed by atoms with Gasteiger partial charge in [-0.3, -0.25) is 4.79 Å². The lowest BCUT2D eigenvalue weighted by Crippen LogP contribution is -2.46. The van der Waals surface area contributed by atoms with Crippen LogP contribution in [0.3, 0.4) is 0 Å². The van der Waals surface area contributed by atoms with Crippen molar-refractivity contribution in [2.45, 2.75) is 37.2 Å². The second-order valence-corrected chi connectivity index (χ2v) is 4.84. The van der Waals surface area contributed by atoms with Crippen LogP contribution in [0.4, 0.5) is 0 Å². The molecule has 1 unspecified atom stereocenters. The zero-order valence-electron chi connectivity index (χ0n) is 9.72. The Balaban J connectivity index is 2.00. The van der Waals surface area contributed by atoms with Crippen molar-refractivity contribution in [3.05, 3.63) is 35.9 Å². The van der Waals surface area contributed by atoms with E-state index in [0.717, 1.165) is 31.2 Å². The molecule has 0 bridgehead atoms. The summed E-state index contributed by atoms with van der Waals surface area (Å²) in [7, 11) is 0. The molecule has 0 aromatic heterocycles. The number of carbonyl (C=O) groups excluding carboxylic acids is 1. The van der Waals surface area contributed by atoms with Gasteiger partial charge in [0.1, 0.15) is 5.92 Å². The lowest BCUT2D eigenvalue weighted by atomic mass is 9.80. The first kappa shape index (κ1) is 10.8. The van der Waals surface area contributed by atoms with Crippen LogP contribution in [0.2, 0.25) is 0 Å². The van der Waals surface area contributed by atoms with Crippen LogP contribution < -0.4 is 0 Å². The molecule has 1 aromatic carbocycles. The van der Waals surface area contributed by atoms with Crippen LogP contribution in [-0.4, -0.2) is 18.4 Å². The first-order valence-electron chi connectivity index (χ1n) is 6.17. The first-order chi connectivity index (χ1) is 8.32. The third-order valence-electron chi connectivity index (χ3n) is 3.89. The number of rotatable bonds is 1. The van der Waals surface area contributed by atoms with Crippen LogP contribution in [0.25, 0.3) is 0 Å². The second kappa shape index (κ2) is 4.15. The lowest BCUT2D eigenvalue weighted by Gasteiger charge is -2.39. The van der Waals surface area contributed by atoms with Gasteiger partial charge in [0.2, 0.25) is 0 Å². The Kier molecular flexibility index (Phi) is 2.63. The van der Waals surface area contributed by atoms with Gasteiger partial charge in [-0.2, -0.15) is 0 Å². The maximum Gasteiger partial charge on any atom is 0.318 e. The van der Waals surface area contributed by atoms with E-state index in [-0.39, 0.29) is 24.3 Å². The van der Waals surface area contributed by atoms with E-state index in [0.29, 0.717) is 0 Å². The zero-order chi connectivity index (χ0) is 11.7. The molecule has 3 heteroatoms. The average Bonchev–Trinajstić information content (AvgIpc) is 2.79. The normalized spacial score (nSPS) is 27.1. The van der Waals surface area contributed by atoms with Crippen molar-refractivity contribution in [3.8, 4) is 0 Å². The van der Waals surface area contributed by atoms with Crippen LogP contribution in [0.5, 0.6) is 0 Å². The third-order valence-corrected chi connectivity index (χ3v) is 3.89. The molecule has 0 radical (unpaired) electrons. The molecule has 3 rings (SSSR count). The second-order valence-electron chi connectivity index (χ2n) is 4.84. The molecule has 1 saturated carbocycles. The zero-order valence-corrected chi connectivity index (χ0v) is 9.72. The predicted molar refractivity (Wildman–Crippen MR) is 62.4 cm³/mol. The standard InChI is InChI=1S/C14H16O3/c15-13-12(11-6-2-1-3-7-11)14(17-10-16-13)8-4-5-9-14/h1-3,6-7,12H,4-5,8-10H2. The van der Waals surface area contributed by atoms with E-state index in [1.165, 1.54) is 0 Å². The van der Waals surface area contributed by atoms with Crippen molar-refractivity contribution in [2.75, 3.05) is 6.79 Å². The van der Waals surface area contributed by atoms with Crippen molar-refractivity contribution in [2.24, 2.45) is 0 Å². The SMILES string of the molecule is O=C1OCOC2(CCCC2)C1c1ccccc1. The Morgan fingerprint density at radius 1 is 1.12 bits per heavy atom. The maximum atomic E-state index is 12.1. The van der Waals surface area contributed by atoms with E-state index in [2.05, 4.69) is 0 Å². The highest BCUT2D eigenvalue weighted by atomic mass is 16.7. The number of esters is 1. The molecule has 3 nitrogen and oxygen atoms in total. The van der Waals surface area contributed by atoms with Crippen molar-refractivity contribution >= 4 is 5.97 Å². The van der Waals surface area contributed by atoms with E-state index < -0.39 is 0 Å². The van der Waals surface area contributed by atoms with Gasteiger partial charge in [0.15, 0.2) is 6.79 Å². The Hall–Kier alpha value is -1.35. The van der Waals surface area contributed by atoms with E-state index in [1.807, 2.05) is 30.3 Å². The molecule has 90 valence electrons. The Morgan fingerprint density at radius 2 is 1.82 bits per heavy atom. The molecular formula is C14H16O3. The molecule has 0 amide bonds. The van der Waals surface area contributed by atoms with Gasteiger partial charge in [0.25, 0.3) is 0 Å². The summed E-state index contributed by atoms with van der Waals surface area (Å²) >= 11 is 0. The summed E-state index contributed by atoms with van der Waals surface area (Å²) in [5.74, 6) is -0.385. The minimum atomic E-state index is -0.309. The topological polar surface area (TPSA) is 35.5 Å². The van der Waals surface area contributed by atoms with Gasteiger partial charge < -0.3 is 9.47 Å². The number of cyclic esters (lactones) is 1. The molecule has 1 aliphatic carbocycles. The summed E-state index contributed by atoms with van der Waals surface area (Å²) < 4.78 is 10.9. The molecule has 1 aromatic rings. The molecule has 2 fully saturated rings. The molecule has 2 aliphatic rings. The smallest absolute Gasteiger partial charge is 0.318 e. The first-order valence-corrected chi connectivity index (χ1v) is 6.17. The molecular weight excluding hydrogens is 216 g/mol. The highest BCUT2D eigenvalue weighted by Gasteiger charge is 2.50. The fourth-order valence-electron chi connectivity index (χ4n) is 3.08.